The van der Waals surface area contributed by atoms with Gasteiger partial charge in [0.25, 0.3) is 0 Å². The third-order valence-electron chi connectivity index (χ3n) is 5.18. The second-order valence-electron chi connectivity index (χ2n) is 6.76. The van der Waals surface area contributed by atoms with Gasteiger partial charge in [-0.05, 0) is 31.0 Å². The van der Waals surface area contributed by atoms with Crippen molar-refractivity contribution < 1.29 is 9.53 Å². The van der Waals surface area contributed by atoms with Crippen LogP contribution < -0.4 is 4.90 Å². The molecule has 2 aromatic rings. The number of anilines is 1. The second kappa shape index (κ2) is 6.98. The molecule has 4 rings (SSSR count). The Morgan fingerprint density at radius 3 is 3.04 bits per heavy atom. The van der Waals surface area contributed by atoms with Crippen LogP contribution in [-0.4, -0.2) is 59.0 Å². The van der Waals surface area contributed by atoms with E-state index >= 15 is 0 Å². The third-order valence-corrected chi connectivity index (χ3v) is 5.18. The number of aromatic nitrogens is 2. The van der Waals surface area contributed by atoms with Crippen LogP contribution in [0.4, 0.5) is 5.69 Å². The molecular weight excluding hydrogens is 316 g/mol. The first-order valence-electron chi connectivity index (χ1n) is 8.95. The van der Waals surface area contributed by atoms with E-state index in [1.807, 2.05) is 47.0 Å². The molecule has 0 aliphatic carbocycles. The first-order valence-corrected chi connectivity index (χ1v) is 8.95. The Balaban J connectivity index is 1.42. The predicted octanol–water partition coefficient (Wildman–Crippen LogP) is 1.56. The standard InChI is InChI=1S/C19H24N4O2/c1-15(19(24)23-10-7-16-5-2-3-6-18(16)23)21-11-12-25-17(13-21)14-22-9-4-8-20-22/h2-6,8-9,15,17H,7,10-14H2,1H3/t15-,17-/m1/s1. The van der Waals surface area contributed by atoms with Gasteiger partial charge >= 0.3 is 0 Å². The summed E-state index contributed by atoms with van der Waals surface area (Å²) in [6, 6.07) is 9.98. The van der Waals surface area contributed by atoms with E-state index in [9.17, 15) is 4.79 Å². The average molecular weight is 340 g/mol. The van der Waals surface area contributed by atoms with E-state index in [0.29, 0.717) is 6.61 Å². The Kier molecular flexibility index (Phi) is 4.55. The molecule has 1 amide bonds. The number of hydrogen-bond donors (Lipinski definition) is 0. The average Bonchev–Trinajstić information content (AvgIpc) is 3.30. The number of para-hydroxylation sites is 1. The van der Waals surface area contributed by atoms with Crippen LogP contribution in [0.3, 0.4) is 0 Å². The number of hydrogen-bond acceptors (Lipinski definition) is 4. The molecular formula is C19H24N4O2. The Labute approximate surface area is 148 Å². The van der Waals surface area contributed by atoms with Crippen molar-refractivity contribution >= 4 is 11.6 Å². The number of morpholine rings is 1. The van der Waals surface area contributed by atoms with E-state index in [2.05, 4.69) is 16.1 Å². The van der Waals surface area contributed by atoms with E-state index in [4.69, 9.17) is 4.74 Å². The summed E-state index contributed by atoms with van der Waals surface area (Å²) in [5, 5.41) is 4.25. The number of ether oxygens (including phenoxy) is 1. The van der Waals surface area contributed by atoms with Gasteiger partial charge < -0.3 is 9.64 Å². The molecule has 0 radical (unpaired) electrons. The summed E-state index contributed by atoms with van der Waals surface area (Å²) in [7, 11) is 0. The summed E-state index contributed by atoms with van der Waals surface area (Å²) in [5.41, 5.74) is 2.34. The number of benzene rings is 1. The first-order chi connectivity index (χ1) is 12.2. The van der Waals surface area contributed by atoms with Gasteiger partial charge in [0, 0.05) is 37.7 Å². The van der Waals surface area contributed by atoms with Gasteiger partial charge in [-0.2, -0.15) is 5.10 Å². The second-order valence-corrected chi connectivity index (χ2v) is 6.76. The minimum atomic E-state index is -0.143. The summed E-state index contributed by atoms with van der Waals surface area (Å²) in [5.74, 6) is 0.185. The zero-order valence-corrected chi connectivity index (χ0v) is 14.5. The Hall–Kier alpha value is -2.18. The lowest BCUT2D eigenvalue weighted by Crippen LogP contribution is -2.53. The van der Waals surface area contributed by atoms with E-state index in [0.717, 1.165) is 38.3 Å². The Morgan fingerprint density at radius 2 is 2.20 bits per heavy atom. The lowest BCUT2D eigenvalue weighted by atomic mass is 10.1. The highest BCUT2D eigenvalue weighted by atomic mass is 16.5. The Bertz CT molecular complexity index is 731. The number of nitrogens with zero attached hydrogens (tertiary/aromatic N) is 4. The molecule has 132 valence electrons. The molecule has 1 fully saturated rings. The summed E-state index contributed by atoms with van der Waals surface area (Å²) in [6.45, 7) is 5.71. The van der Waals surface area contributed by atoms with Gasteiger partial charge in [-0.25, -0.2) is 0 Å². The third kappa shape index (κ3) is 3.32. The van der Waals surface area contributed by atoms with Gasteiger partial charge in [0.05, 0.1) is 25.3 Å². The number of carbonyl (C=O) groups excluding carboxylic acids is 1. The van der Waals surface area contributed by atoms with Crippen LogP contribution in [0.15, 0.2) is 42.7 Å². The summed E-state index contributed by atoms with van der Waals surface area (Å²) in [6.07, 6.45) is 4.73. The van der Waals surface area contributed by atoms with Crippen molar-refractivity contribution in [3.8, 4) is 0 Å². The molecule has 0 N–H and O–H groups in total. The van der Waals surface area contributed by atoms with Gasteiger partial charge in [-0.3, -0.25) is 14.4 Å². The number of fused-ring (bicyclic) bond motifs is 1. The zero-order chi connectivity index (χ0) is 17.2. The molecule has 0 saturated carbocycles. The lowest BCUT2D eigenvalue weighted by Gasteiger charge is -2.37. The normalized spacial score (nSPS) is 22.0. The van der Waals surface area contributed by atoms with Crippen molar-refractivity contribution in [2.75, 3.05) is 31.1 Å². The zero-order valence-electron chi connectivity index (χ0n) is 14.5. The maximum absolute atomic E-state index is 13.1. The molecule has 0 bridgehead atoms. The molecule has 2 aliphatic rings. The number of rotatable bonds is 4. The highest BCUT2D eigenvalue weighted by Crippen LogP contribution is 2.28. The van der Waals surface area contributed by atoms with Gasteiger partial charge in [-0.15, -0.1) is 0 Å². The lowest BCUT2D eigenvalue weighted by molar-refractivity contribution is -0.126. The maximum atomic E-state index is 13.1. The molecule has 0 spiro atoms. The van der Waals surface area contributed by atoms with Crippen LogP contribution >= 0.6 is 0 Å². The highest BCUT2D eigenvalue weighted by molar-refractivity contribution is 5.98. The van der Waals surface area contributed by atoms with E-state index in [-0.39, 0.29) is 18.1 Å². The monoisotopic (exact) mass is 340 g/mol. The van der Waals surface area contributed by atoms with E-state index in [1.54, 1.807) is 6.20 Å². The Morgan fingerprint density at radius 1 is 1.32 bits per heavy atom. The molecule has 25 heavy (non-hydrogen) atoms. The molecule has 1 saturated heterocycles. The van der Waals surface area contributed by atoms with E-state index in [1.165, 1.54) is 5.56 Å². The maximum Gasteiger partial charge on any atom is 0.244 e. The quantitative estimate of drug-likeness (QED) is 0.848. The molecule has 2 aliphatic heterocycles. The van der Waals surface area contributed by atoms with E-state index < -0.39 is 0 Å². The molecule has 6 nitrogen and oxygen atoms in total. The van der Waals surface area contributed by atoms with Crippen molar-refractivity contribution in [1.82, 2.24) is 14.7 Å². The predicted molar refractivity (Wildman–Crippen MR) is 95.5 cm³/mol. The molecule has 2 atom stereocenters. The van der Waals surface area contributed by atoms with Crippen molar-refractivity contribution in [1.29, 1.82) is 0 Å². The number of amides is 1. The fourth-order valence-electron chi connectivity index (χ4n) is 3.77. The minimum Gasteiger partial charge on any atom is -0.374 e. The molecule has 0 unspecified atom stereocenters. The highest BCUT2D eigenvalue weighted by Gasteiger charge is 2.33. The summed E-state index contributed by atoms with van der Waals surface area (Å²) < 4.78 is 7.75. The topological polar surface area (TPSA) is 50.6 Å². The van der Waals surface area contributed by atoms with Crippen LogP contribution in [0.25, 0.3) is 0 Å². The van der Waals surface area contributed by atoms with Gasteiger partial charge in [0.15, 0.2) is 0 Å². The molecule has 1 aromatic heterocycles. The molecule has 1 aromatic carbocycles. The smallest absolute Gasteiger partial charge is 0.244 e. The largest absolute Gasteiger partial charge is 0.374 e. The van der Waals surface area contributed by atoms with Crippen LogP contribution in [0, 0.1) is 0 Å². The van der Waals surface area contributed by atoms with Gasteiger partial charge in [-0.1, -0.05) is 18.2 Å². The SMILES string of the molecule is C[C@H](C(=O)N1CCc2ccccc21)N1CCO[C@@H](Cn2cccn2)C1. The summed E-state index contributed by atoms with van der Waals surface area (Å²) >= 11 is 0. The summed E-state index contributed by atoms with van der Waals surface area (Å²) in [4.78, 5) is 17.2. The fraction of sp³-hybridized carbons (Fsp3) is 0.474. The number of carbonyl (C=O) groups is 1. The van der Waals surface area contributed by atoms with Crippen molar-refractivity contribution in [2.45, 2.75) is 32.0 Å². The minimum absolute atomic E-state index is 0.0646. The van der Waals surface area contributed by atoms with Crippen molar-refractivity contribution in [3.05, 3.63) is 48.3 Å². The van der Waals surface area contributed by atoms with Crippen molar-refractivity contribution in [2.24, 2.45) is 0 Å². The van der Waals surface area contributed by atoms with Crippen LogP contribution in [-0.2, 0) is 22.5 Å². The first kappa shape index (κ1) is 16.3. The van der Waals surface area contributed by atoms with Gasteiger partial charge in [0.1, 0.15) is 0 Å². The molecule has 6 heteroatoms. The fourth-order valence-corrected chi connectivity index (χ4v) is 3.77. The van der Waals surface area contributed by atoms with Gasteiger partial charge in [0.2, 0.25) is 5.91 Å². The molecule has 3 heterocycles. The van der Waals surface area contributed by atoms with Crippen molar-refractivity contribution in [3.63, 3.8) is 0 Å². The van der Waals surface area contributed by atoms with Crippen LogP contribution in [0.5, 0.6) is 0 Å². The van der Waals surface area contributed by atoms with Crippen LogP contribution in [0.2, 0.25) is 0 Å². The van der Waals surface area contributed by atoms with Crippen LogP contribution in [0.1, 0.15) is 12.5 Å².